The molecule has 0 aliphatic rings. The molecule has 3 rings (SSSR count). The zero-order chi connectivity index (χ0) is 14.8. The van der Waals surface area contributed by atoms with Gasteiger partial charge in [0.2, 0.25) is 0 Å². The maximum Gasteiger partial charge on any atom is 0.403 e. The van der Waals surface area contributed by atoms with Crippen molar-refractivity contribution in [1.82, 2.24) is 9.38 Å². The minimum absolute atomic E-state index is 0.744. The number of rotatable bonds is 4. The first-order chi connectivity index (χ1) is 10.2. The first-order valence-electron chi connectivity index (χ1n) is 6.74. The predicted octanol–water partition coefficient (Wildman–Crippen LogP) is 1.77. The van der Waals surface area contributed by atoms with Crippen molar-refractivity contribution in [3.8, 4) is 11.5 Å². The Kier molecular flexibility index (Phi) is 3.48. The highest BCUT2D eigenvalue weighted by molar-refractivity contribution is 5.44. The monoisotopic (exact) mass is 284 g/mol. The zero-order valence-electron chi connectivity index (χ0n) is 12.4. The van der Waals surface area contributed by atoms with Gasteiger partial charge in [-0.15, -0.1) is 0 Å². The first kappa shape index (κ1) is 13.4. The lowest BCUT2D eigenvalue weighted by atomic mass is 10.1. The average molecular weight is 284 g/mol. The van der Waals surface area contributed by atoms with E-state index in [1.807, 2.05) is 36.0 Å². The number of imidazole rings is 1. The van der Waals surface area contributed by atoms with Crippen LogP contribution in [0.5, 0.6) is 11.5 Å². The number of methoxy groups -OCH3 is 2. The molecular formula is C16H18N3O2+. The number of aromatic nitrogens is 3. The van der Waals surface area contributed by atoms with E-state index in [-0.39, 0.29) is 0 Å². The van der Waals surface area contributed by atoms with Crippen LogP contribution in [0.2, 0.25) is 0 Å². The first-order valence-corrected chi connectivity index (χ1v) is 6.74. The number of nitrogens with zero attached hydrogens (tertiary/aromatic N) is 3. The minimum Gasteiger partial charge on any atom is -0.493 e. The summed E-state index contributed by atoms with van der Waals surface area (Å²) < 4.78 is 14.7. The van der Waals surface area contributed by atoms with Crippen LogP contribution in [-0.2, 0) is 13.5 Å². The number of ether oxygens (including phenoxy) is 2. The standard InChI is InChI=1S/C16H18N3O2/c1-18-11-13(19-8-4-7-17-16(18)19)9-12-5-6-14(20-2)15(10-12)21-3/h4-8,10-11H,9H2,1-3H3/q+1. The molecule has 0 fully saturated rings. The van der Waals surface area contributed by atoms with E-state index in [1.165, 1.54) is 5.69 Å². The second-order valence-electron chi connectivity index (χ2n) is 4.89. The van der Waals surface area contributed by atoms with Gasteiger partial charge in [0.1, 0.15) is 18.1 Å². The van der Waals surface area contributed by atoms with Crippen LogP contribution in [-0.4, -0.2) is 23.6 Å². The summed E-state index contributed by atoms with van der Waals surface area (Å²) in [6.07, 6.45) is 6.72. The van der Waals surface area contributed by atoms with E-state index in [2.05, 4.69) is 21.6 Å². The Morgan fingerprint density at radius 3 is 2.76 bits per heavy atom. The van der Waals surface area contributed by atoms with Gasteiger partial charge in [-0.25, -0.2) is 8.97 Å². The molecule has 21 heavy (non-hydrogen) atoms. The van der Waals surface area contributed by atoms with E-state index >= 15 is 0 Å². The molecule has 0 atom stereocenters. The maximum absolute atomic E-state index is 5.36. The van der Waals surface area contributed by atoms with E-state index in [9.17, 15) is 0 Å². The van der Waals surface area contributed by atoms with Crippen molar-refractivity contribution in [2.24, 2.45) is 7.05 Å². The lowest BCUT2D eigenvalue weighted by Gasteiger charge is -2.08. The molecule has 0 aliphatic carbocycles. The van der Waals surface area contributed by atoms with E-state index in [0.717, 1.165) is 29.3 Å². The number of hydrogen-bond donors (Lipinski definition) is 0. The highest BCUT2D eigenvalue weighted by atomic mass is 16.5. The van der Waals surface area contributed by atoms with Crippen molar-refractivity contribution in [2.45, 2.75) is 6.42 Å². The quantitative estimate of drug-likeness (QED) is 0.685. The number of aryl methyl sites for hydroxylation is 1. The molecule has 5 nitrogen and oxygen atoms in total. The molecule has 1 aromatic carbocycles. The molecule has 0 unspecified atom stereocenters. The van der Waals surface area contributed by atoms with Gasteiger partial charge in [0.15, 0.2) is 11.5 Å². The van der Waals surface area contributed by atoms with Crippen molar-refractivity contribution in [2.75, 3.05) is 14.2 Å². The normalized spacial score (nSPS) is 10.8. The summed E-state index contributed by atoms with van der Waals surface area (Å²) >= 11 is 0. The summed E-state index contributed by atoms with van der Waals surface area (Å²) in [5, 5.41) is 0. The third-order valence-corrected chi connectivity index (χ3v) is 3.53. The van der Waals surface area contributed by atoms with Gasteiger partial charge in [0, 0.05) is 12.5 Å². The largest absolute Gasteiger partial charge is 0.493 e. The zero-order valence-corrected chi connectivity index (χ0v) is 12.4. The van der Waals surface area contributed by atoms with Gasteiger partial charge in [-0.05, 0) is 17.7 Å². The lowest BCUT2D eigenvalue weighted by Crippen LogP contribution is -2.26. The van der Waals surface area contributed by atoms with Crippen molar-refractivity contribution in [1.29, 1.82) is 0 Å². The third-order valence-electron chi connectivity index (χ3n) is 3.53. The summed E-state index contributed by atoms with van der Waals surface area (Å²) in [4.78, 5) is 4.39. The van der Waals surface area contributed by atoms with Crippen molar-refractivity contribution in [3.63, 3.8) is 0 Å². The molecule has 0 saturated carbocycles. The molecule has 0 radical (unpaired) electrons. The van der Waals surface area contributed by atoms with Crippen LogP contribution in [0.4, 0.5) is 0 Å². The molecule has 2 aromatic heterocycles. The Balaban J connectivity index is 1.99. The Morgan fingerprint density at radius 2 is 2.00 bits per heavy atom. The van der Waals surface area contributed by atoms with E-state index in [1.54, 1.807) is 20.4 Å². The van der Waals surface area contributed by atoms with E-state index in [4.69, 9.17) is 9.47 Å². The van der Waals surface area contributed by atoms with Gasteiger partial charge in [-0.3, -0.25) is 0 Å². The molecule has 2 heterocycles. The van der Waals surface area contributed by atoms with Crippen LogP contribution in [0.15, 0.2) is 42.9 Å². The second kappa shape index (κ2) is 5.44. The fraction of sp³-hybridized carbons (Fsp3) is 0.250. The summed E-state index contributed by atoms with van der Waals surface area (Å²) in [5.41, 5.74) is 2.34. The molecule has 0 bridgehead atoms. The van der Waals surface area contributed by atoms with Gasteiger partial charge >= 0.3 is 5.78 Å². The third kappa shape index (κ3) is 2.42. The summed E-state index contributed by atoms with van der Waals surface area (Å²) in [7, 11) is 5.29. The molecule has 0 N–H and O–H groups in total. The van der Waals surface area contributed by atoms with Gasteiger partial charge in [-0.2, -0.15) is 0 Å². The van der Waals surface area contributed by atoms with Crippen molar-refractivity contribution >= 4 is 5.78 Å². The Hall–Kier alpha value is -2.56. The lowest BCUT2D eigenvalue weighted by molar-refractivity contribution is -0.646. The Bertz CT molecular complexity index is 780. The molecule has 0 spiro atoms. The Labute approximate surface area is 123 Å². The van der Waals surface area contributed by atoms with Gasteiger partial charge in [0.05, 0.1) is 27.5 Å². The van der Waals surface area contributed by atoms with Gasteiger partial charge in [-0.1, -0.05) is 11.1 Å². The van der Waals surface area contributed by atoms with Crippen LogP contribution in [0.25, 0.3) is 5.78 Å². The van der Waals surface area contributed by atoms with Gasteiger partial charge < -0.3 is 9.47 Å². The highest BCUT2D eigenvalue weighted by Gasteiger charge is 2.15. The van der Waals surface area contributed by atoms with Crippen LogP contribution in [0.1, 0.15) is 11.3 Å². The second-order valence-corrected chi connectivity index (χ2v) is 4.89. The molecule has 5 heteroatoms. The summed E-state index contributed by atoms with van der Waals surface area (Å²) in [6.45, 7) is 0. The highest BCUT2D eigenvalue weighted by Crippen LogP contribution is 2.28. The van der Waals surface area contributed by atoms with Crippen molar-refractivity contribution in [3.05, 3.63) is 54.1 Å². The molecule has 3 aromatic rings. The van der Waals surface area contributed by atoms with Gasteiger partial charge in [0.25, 0.3) is 0 Å². The fourth-order valence-electron chi connectivity index (χ4n) is 2.52. The molecule has 108 valence electrons. The molecular weight excluding hydrogens is 266 g/mol. The summed E-state index contributed by atoms with van der Waals surface area (Å²) in [5.74, 6) is 2.42. The average Bonchev–Trinajstić information content (AvgIpc) is 2.84. The fourth-order valence-corrected chi connectivity index (χ4v) is 2.52. The smallest absolute Gasteiger partial charge is 0.403 e. The summed E-state index contributed by atoms with van der Waals surface area (Å²) in [6, 6.07) is 7.93. The predicted molar refractivity (Wildman–Crippen MR) is 78.7 cm³/mol. The molecule has 0 amide bonds. The number of fused-ring (bicyclic) bond motifs is 1. The number of hydrogen-bond acceptors (Lipinski definition) is 3. The Morgan fingerprint density at radius 1 is 1.19 bits per heavy atom. The van der Waals surface area contributed by atoms with Crippen LogP contribution < -0.4 is 14.0 Å². The van der Waals surface area contributed by atoms with Crippen molar-refractivity contribution < 1.29 is 14.0 Å². The maximum atomic E-state index is 5.36. The number of benzene rings is 1. The van der Waals surface area contributed by atoms with E-state index in [0.29, 0.717) is 0 Å². The SMILES string of the molecule is COc1ccc(Cc2c[n+](C)c3ncccn23)cc1OC. The van der Waals surface area contributed by atoms with E-state index < -0.39 is 0 Å². The topological polar surface area (TPSA) is 39.6 Å². The van der Waals surface area contributed by atoms with Crippen LogP contribution in [0, 0.1) is 0 Å². The molecule has 0 aliphatic heterocycles. The molecule has 0 saturated heterocycles. The van der Waals surface area contributed by atoms with Crippen LogP contribution in [0.3, 0.4) is 0 Å². The minimum atomic E-state index is 0.744. The van der Waals surface area contributed by atoms with Crippen LogP contribution >= 0.6 is 0 Å².